The maximum absolute atomic E-state index is 13.0. The number of benzene rings is 3. The zero-order chi connectivity index (χ0) is 24.9. The van der Waals surface area contributed by atoms with Gasteiger partial charge < -0.3 is 14.8 Å². The molecule has 2 N–H and O–H groups in total. The summed E-state index contributed by atoms with van der Waals surface area (Å²) in [4.78, 5) is 12.9. The van der Waals surface area contributed by atoms with Crippen LogP contribution in [-0.4, -0.2) is 35.1 Å². The van der Waals surface area contributed by atoms with Gasteiger partial charge in [-0.1, -0.05) is 42.5 Å². The molecular weight excluding hydrogens is 464 g/mol. The van der Waals surface area contributed by atoms with Gasteiger partial charge in [-0.25, -0.2) is 8.42 Å². The third kappa shape index (κ3) is 5.59. The number of sulfonamides is 1. The van der Waals surface area contributed by atoms with Gasteiger partial charge in [0.15, 0.2) is 0 Å². The lowest BCUT2D eigenvalue weighted by Crippen LogP contribution is -2.35. The van der Waals surface area contributed by atoms with E-state index in [0.717, 1.165) is 31.2 Å². The van der Waals surface area contributed by atoms with Crippen LogP contribution < -0.4 is 19.5 Å². The summed E-state index contributed by atoms with van der Waals surface area (Å²) in [6.45, 7) is 0.621. The Bertz CT molecular complexity index is 1270. The van der Waals surface area contributed by atoms with Gasteiger partial charge in [0.1, 0.15) is 16.4 Å². The van der Waals surface area contributed by atoms with E-state index in [4.69, 9.17) is 9.47 Å². The van der Waals surface area contributed by atoms with Crippen LogP contribution in [0.1, 0.15) is 30.4 Å². The van der Waals surface area contributed by atoms with Crippen molar-refractivity contribution < 1.29 is 22.7 Å². The number of aryl methyl sites for hydroxylation is 1. The largest absolute Gasteiger partial charge is 0.497 e. The van der Waals surface area contributed by atoms with Gasteiger partial charge in [-0.3, -0.25) is 9.52 Å². The fourth-order valence-corrected chi connectivity index (χ4v) is 5.39. The van der Waals surface area contributed by atoms with Gasteiger partial charge in [0.25, 0.3) is 10.0 Å². The third-order valence-corrected chi connectivity index (χ3v) is 7.71. The highest BCUT2D eigenvalue weighted by Crippen LogP contribution is 2.48. The standard InChI is InChI=1S/C27H30N2O5S/c1-33-23-14-15-24(34-2)25(19-23)35(31,32)29-22-12-10-21(11-13-22)27(16-17-27)26(30)28-18-6-9-20-7-4-3-5-8-20/h3-5,7-8,10-15,19,29H,6,9,16-18H2,1-2H3,(H,28,30). The second-order valence-electron chi connectivity index (χ2n) is 8.63. The Morgan fingerprint density at radius 3 is 2.29 bits per heavy atom. The Morgan fingerprint density at radius 2 is 1.66 bits per heavy atom. The first kappa shape index (κ1) is 24.6. The number of methoxy groups -OCH3 is 2. The Hall–Kier alpha value is -3.52. The van der Waals surface area contributed by atoms with E-state index in [1.54, 1.807) is 24.3 Å². The van der Waals surface area contributed by atoms with Crippen LogP contribution >= 0.6 is 0 Å². The number of carbonyl (C=O) groups is 1. The zero-order valence-corrected chi connectivity index (χ0v) is 20.7. The number of ether oxygens (including phenoxy) is 2. The topological polar surface area (TPSA) is 93.7 Å². The Labute approximate surface area is 206 Å². The Kier molecular flexibility index (Phi) is 7.31. The molecule has 0 unspecified atom stereocenters. The molecule has 35 heavy (non-hydrogen) atoms. The first-order valence-corrected chi connectivity index (χ1v) is 13.0. The van der Waals surface area contributed by atoms with Crippen LogP contribution in [0, 0.1) is 0 Å². The lowest BCUT2D eigenvalue weighted by atomic mass is 9.94. The van der Waals surface area contributed by atoms with E-state index in [2.05, 4.69) is 22.2 Å². The average molecular weight is 495 g/mol. The number of rotatable bonds is 11. The third-order valence-electron chi connectivity index (χ3n) is 6.31. The molecule has 7 nitrogen and oxygen atoms in total. The van der Waals surface area contributed by atoms with E-state index in [1.165, 1.54) is 25.8 Å². The average Bonchev–Trinajstić information content (AvgIpc) is 3.69. The molecule has 184 valence electrons. The minimum Gasteiger partial charge on any atom is -0.497 e. The van der Waals surface area contributed by atoms with E-state index < -0.39 is 15.4 Å². The highest BCUT2D eigenvalue weighted by atomic mass is 32.2. The van der Waals surface area contributed by atoms with Crippen LogP contribution in [0.4, 0.5) is 5.69 Å². The summed E-state index contributed by atoms with van der Waals surface area (Å²) in [5.41, 5.74) is 2.02. The van der Waals surface area contributed by atoms with Gasteiger partial charge in [-0.05, 0) is 61.1 Å². The van der Waals surface area contributed by atoms with Crippen LogP contribution in [0.2, 0.25) is 0 Å². The van der Waals surface area contributed by atoms with Gasteiger partial charge in [-0.2, -0.15) is 0 Å². The van der Waals surface area contributed by atoms with Crippen molar-refractivity contribution in [3.63, 3.8) is 0 Å². The lowest BCUT2D eigenvalue weighted by Gasteiger charge is -2.17. The quantitative estimate of drug-likeness (QED) is 0.388. The monoisotopic (exact) mass is 494 g/mol. The van der Waals surface area contributed by atoms with Crippen molar-refractivity contribution >= 4 is 21.6 Å². The predicted molar refractivity (Wildman–Crippen MR) is 135 cm³/mol. The molecule has 8 heteroatoms. The number of hydrogen-bond donors (Lipinski definition) is 2. The lowest BCUT2D eigenvalue weighted by molar-refractivity contribution is -0.123. The van der Waals surface area contributed by atoms with Crippen molar-refractivity contribution in [2.45, 2.75) is 36.0 Å². The molecule has 0 saturated heterocycles. The molecule has 1 aliphatic carbocycles. The summed E-state index contributed by atoms with van der Waals surface area (Å²) in [6, 6.07) is 21.8. The van der Waals surface area contributed by atoms with Gasteiger partial charge in [0, 0.05) is 18.3 Å². The maximum atomic E-state index is 13.0. The molecule has 0 aromatic heterocycles. The van der Waals surface area contributed by atoms with Crippen LogP contribution in [0.3, 0.4) is 0 Å². The molecule has 0 spiro atoms. The van der Waals surface area contributed by atoms with Gasteiger partial charge in [-0.15, -0.1) is 0 Å². The molecule has 3 aromatic rings. The van der Waals surface area contributed by atoms with E-state index in [9.17, 15) is 13.2 Å². The molecule has 1 amide bonds. The smallest absolute Gasteiger partial charge is 0.265 e. The van der Waals surface area contributed by atoms with Gasteiger partial charge in [0.2, 0.25) is 5.91 Å². The van der Waals surface area contributed by atoms with E-state index in [-0.39, 0.29) is 16.6 Å². The summed E-state index contributed by atoms with van der Waals surface area (Å²) in [6.07, 6.45) is 3.36. The summed E-state index contributed by atoms with van der Waals surface area (Å²) in [5, 5.41) is 3.08. The summed E-state index contributed by atoms with van der Waals surface area (Å²) in [7, 11) is -1.03. The van der Waals surface area contributed by atoms with Gasteiger partial charge in [0.05, 0.1) is 19.6 Å². The number of hydrogen-bond acceptors (Lipinski definition) is 5. The molecule has 0 heterocycles. The van der Waals surface area contributed by atoms with E-state index in [0.29, 0.717) is 18.0 Å². The zero-order valence-electron chi connectivity index (χ0n) is 19.9. The highest BCUT2D eigenvalue weighted by Gasteiger charge is 2.51. The molecule has 0 atom stereocenters. The molecule has 1 aliphatic rings. The van der Waals surface area contributed by atoms with Crippen molar-refractivity contribution in [1.82, 2.24) is 5.32 Å². The minimum atomic E-state index is -3.91. The van der Waals surface area contributed by atoms with Crippen LogP contribution in [0.15, 0.2) is 77.7 Å². The van der Waals surface area contributed by atoms with Crippen molar-refractivity contribution in [2.24, 2.45) is 0 Å². The molecule has 0 radical (unpaired) electrons. The molecule has 1 saturated carbocycles. The summed E-state index contributed by atoms with van der Waals surface area (Å²) >= 11 is 0. The van der Waals surface area contributed by atoms with Gasteiger partial charge >= 0.3 is 0 Å². The Balaban J connectivity index is 1.39. The second-order valence-corrected chi connectivity index (χ2v) is 10.3. The molecular formula is C27H30N2O5S. The van der Waals surface area contributed by atoms with Crippen LogP contribution in [-0.2, 0) is 26.7 Å². The number of nitrogens with one attached hydrogen (secondary N) is 2. The van der Waals surface area contributed by atoms with E-state index >= 15 is 0 Å². The number of amides is 1. The minimum absolute atomic E-state index is 0.0167. The van der Waals surface area contributed by atoms with Crippen molar-refractivity contribution in [3.05, 3.63) is 83.9 Å². The first-order valence-electron chi connectivity index (χ1n) is 11.6. The maximum Gasteiger partial charge on any atom is 0.265 e. The SMILES string of the molecule is COc1ccc(OC)c(S(=O)(=O)Nc2ccc(C3(C(=O)NCCCc4ccccc4)CC3)cc2)c1. The van der Waals surface area contributed by atoms with E-state index in [1.807, 2.05) is 30.3 Å². The van der Waals surface area contributed by atoms with Crippen LogP contribution in [0.25, 0.3) is 0 Å². The Morgan fingerprint density at radius 1 is 0.943 bits per heavy atom. The van der Waals surface area contributed by atoms with Crippen molar-refractivity contribution in [1.29, 1.82) is 0 Å². The number of anilines is 1. The van der Waals surface area contributed by atoms with Crippen molar-refractivity contribution in [2.75, 3.05) is 25.5 Å². The first-order chi connectivity index (χ1) is 16.9. The normalized spacial score (nSPS) is 14.1. The molecule has 4 rings (SSSR count). The second kappa shape index (κ2) is 10.4. The summed E-state index contributed by atoms with van der Waals surface area (Å²) < 4.78 is 38.9. The molecule has 0 aliphatic heterocycles. The molecule has 3 aromatic carbocycles. The number of carbonyl (C=O) groups excluding carboxylic acids is 1. The summed E-state index contributed by atoms with van der Waals surface area (Å²) in [5.74, 6) is 0.655. The van der Waals surface area contributed by atoms with Crippen molar-refractivity contribution in [3.8, 4) is 11.5 Å². The fraction of sp³-hybridized carbons (Fsp3) is 0.296. The molecule has 1 fully saturated rings. The molecule has 0 bridgehead atoms. The van der Waals surface area contributed by atoms with Crippen LogP contribution in [0.5, 0.6) is 11.5 Å². The highest BCUT2D eigenvalue weighted by molar-refractivity contribution is 7.92. The fourth-order valence-electron chi connectivity index (χ4n) is 4.14. The predicted octanol–water partition coefficient (Wildman–Crippen LogP) is 4.29.